The summed E-state index contributed by atoms with van der Waals surface area (Å²) in [6, 6.07) is 0. The Balaban J connectivity index is 0. The lowest BCUT2D eigenvalue weighted by molar-refractivity contribution is -0.0569. The topological polar surface area (TPSA) is 91.6 Å². The molecule has 6 N–H and O–H groups in total. The number of hydrogen-bond acceptors (Lipinski definition) is 6. The molecule has 0 heterocycles. The van der Waals surface area contributed by atoms with Gasteiger partial charge in [0.2, 0.25) is 0 Å². The quantitative estimate of drug-likeness (QED) is 0.0373. The average Bonchev–Trinajstić information content (AvgIpc) is 3.01. The van der Waals surface area contributed by atoms with Gasteiger partial charge in [0.15, 0.2) is 0 Å². The highest BCUT2D eigenvalue weighted by atomic mass is 16.5. The van der Waals surface area contributed by atoms with Crippen molar-refractivity contribution in [2.24, 2.45) is 33.8 Å². The Morgan fingerprint density at radius 3 is 1.92 bits per heavy atom. The van der Waals surface area contributed by atoms with Crippen LogP contribution in [0.25, 0.3) is 0 Å². The van der Waals surface area contributed by atoms with Crippen LogP contribution in [0.5, 0.6) is 0 Å². The molecule has 0 amide bonds. The number of nitrogens with one attached hydrogen (secondary N) is 3. The zero-order chi connectivity index (χ0) is 40.7. The van der Waals surface area contributed by atoms with E-state index in [4.69, 9.17) is 15.6 Å². The molecule has 0 saturated carbocycles. The summed E-state index contributed by atoms with van der Waals surface area (Å²) in [6.45, 7) is 46.4. The Morgan fingerprint density at radius 1 is 0.808 bits per heavy atom. The van der Waals surface area contributed by atoms with Crippen LogP contribution in [-0.2, 0) is 4.74 Å². The first-order valence-corrected chi connectivity index (χ1v) is 20.7. The van der Waals surface area contributed by atoms with Crippen molar-refractivity contribution in [3.63, 3.8) is 0 Å². The summed E-state index contributed by atoms with van der Waals surface area (Å²) in [4.78, 5) is 0. The van der Waals surface area contributed by atoms with Gasteiger partial charge in [-0.15, -0.1) is 0 Å². The zero-order valence-corrected chi connectivity index (χ0v) is 37.4. The Labute approximate surface area is 325 Å². The molecule has 0 bridgehead atoms. The molecule has 0 aromatic heterocycles. The molecule has 1 atom stereocenters. The molecule has 0 aromatic carbocycles. The van der Waals surface area contributed by atoms with Crippen molar-refractivity contribution in [1.29, 1.82) is 0 Å². The normalized spacial score (nSPS) is 14.1. The number of aliphatic hydroxyl groups is 1. The molecule has 0 radical (unpaired) electrons. The zero-order valence-electron chi connectivity index (χ0n) is 37.4. The maximum Gasteiger partial charge on any atom is 0.0663 e. The minimum absolute atomic E-state index is 0.136. The van der Waals surface area contributed by atoms with E-state index in [0.717, 1.165) is 76.3 Å². The predicted molar refractivity (Wildman–Crippen MR) is 232 cm³/mol. The lowest BCUT2D eigenvalue weighted by Crippen LogP contribution is -2.41. The smallest absolute Gasteiger partial charge is 0.0663 e. The van der Waals surface area contributed by atoms with Crippen molar-refractivity contribution in [3.05, 3.63) is 49.1 Å². The molecule has 0 spiro atoms. The van der Waals surface area contributed by atoms with Gasteiger partial charge in [-0.3, -0.25) is 0 Å². The van der Waals surface area contributed by atoms with Crippen LogP contribution >= 0.6 is 0 Å². The van der Waals surface area contributed by atoms with Gasteiger partial charge in [-0.25, -0.2) is 0 Å². The SMILES string of the molecule is C=C(CCCCCC(C)C)NCCCC(C)(C)CC(C)(C)C/C(N)=C/NCCCC(C)(C)COC(C)(C)CC(=C)C(C)C.C=CNC(C)(CC)CO. The van der Waals surface area contributed by atoms with E-state index >= 15 is 0 Å². The molecule has 0 aliphatic rings. The monoisotopic (exact) mass is 733 g/mol. The number of ether oxygens (including phenoxy) is 1. The van der Waals surface area contributed by atoms with Crippen LogP contribution in [0, 0.1) is 28.1 Å². The summed E-state index contributed by atoms with van der Waals surface area (Å²) in [5.41, 5.74) is 10.1. The standard InChI is InChI=1S/C39H77N3O.C7H15NO/c1-31(2)20-16-15-17-21-34(6)42-25-19-22-36(7,8)29-38(11,12)27-35(40)28-41-24-18-23-37(9,10)30-43-39(13,14)26-33(5)32(3)4;1-4-7(3,6-9)8-5-2/h28,31-32,41-42H,5-6,15-27,29-30,40H2,1-4,7-14H3;5,8-9H,2,4,6H2,1,3H3/b35-28-;. The molecular weight excluding hydrogens is 641 g/mol. The van der Waals surface area contributed by atoms with Gasteiger partial charge >= 0.3 is 0 Å². The fraction of sp³-hybridized carbons (Fsp3) is 0.826. The minimum atomic E-state index is -0.179. The van der Waals surface area contributed by atoms with Crippen LogP contribution < -0.4 is 21.7 Å². The largest absolute Gasteiger partial charge is 0.401 e. The van der Waals surface area contributed by atoms with E-state index in [1.165, 1.54) is 49.8 Å². The van der Waals surface area contributed by atoms with E-state index < -0.39 is 0 Å². The number of hydrogen-bond donors (Lipinski definition) is 5. The van der Waals surface area contributed by atoms with Crippen LogP contribution in [0.1, 0.15) is 180 Å². The van der Waals surface area contributed by atoms with Gasteiger partial charge in [0.1, 0.15) is 0 Å². The van der Waals surface area contributed by atoms with Crippen molar-refractivity contribution in [1.82, 2.24) is 16.0 Å². The van der Waals surface area contributed by atoms with Gasteiger partial charge in [0.05, 0.1) is 24.4 Å². The summed E-state index contributed by atoms with van der Waals surface area (Å²) < 4.78 is 6.35. The molecule has 0 fully saturated rings. The van der Waals surface area contributed by atoms with E-state index in [2.05, 4.69) is 119 Å². The number of nitrogens with two attached hydrogens (primary N) is 1. The highest BCUT2D eigenvalue weighted by Gasteiger charge is 2.29. The van der Waals surface area contributed by atoms with Crippen molar-refractivity contribution in [2.45, 2.75) is 192 Å². The Morgan fingerprint density at radius 2 is 1.40 bits per heavy atom. The lowest BCUT2D eigenvalue weighted by Gasteiger charge is -2.35. The first-order valence-electron chi connectivity index (χ1n) is 20.7. The number of allylic oxidation sites excluding steroid dienone is 2. The highest BCUT2D eigenvalue weighted by molar-refractivity contribution is 5.02. The fourth-order valence-corrected chi connectivity index (χ4v) is 6.68. The van der Waals surface area contributed by atoms with E-state index in [1.54, 1.807) is 6.20 Å². The van der Waals surface area contributed by atoms with Crippen molar-refractivity contribution in [2.75, 3.05) is 26.3 Å². The Kier molecular flexibility index (Phi) is 26.1. The van der Waals surface area contributed by atoms with Gasteiger partial charge in [-0.2, -0.15) is 0 Å². The second-order valence-electron chi connectivity index (χ2n) is 19.7. The maximum absolute atomic E-state index is 8.81. The van der Waals surface area contributed by atoms with Crippen LogP contribution in [-0.4, -0.2) is 42.5 Å². The molecule has 308 valence electrons. The second-order valence-corrected chi connectivity index (χ2v) is 19.7. The summed E-state index contributed by atoms with van der Waals surface area (Å²) >= 11 is 0. The molecule has 0 saturated heterocycles. The molecule has 0 aliphatic carbocycles. The molecule has 52 heavy (non-hydrogen) atoms. The first kappa shape index (κ1) is 52.2. The minimum Gasteiger partial charge on any atom is -0.401 e. The second kappa shape index (κ2) is 26.0. The summed E-state index contributed by atoms with van der Waals surface area (Å²) in [7, 11) is 0. The average molecular weight is 733 g/mol. The fourth-order valence-electron chi connectivity index (χ4n) is 6.68. The first-order chi connectivity index (χ1) is 23.8. The van der Waals surface area contributed by atoms with Crippen molar-refractivity contribution < 1.29 is 9.84 Å². The van der Waals surface area contributed by atoms with Gasteiger partial charge in [0, 0.05) is 30.7 Å². The summed E-state index contributed by atoms with van der Waals surface area (Å²) in [5, 5.41) is 18.8. The molecule has 0 aliphatic heterocycles. The van der Waals surface area contributed by atoms with E-state index in [0.29, 0.717) is 5.92 Å². The third-order valence-corrected chi connectivity index (χ3v) is 10.2. The molecule has 1 unspecified atom stereocenters. The third-order valence-electron chi connectivity index (χ3n) is 10.2. The van der Waals surface area contributed by atoms with E-state index in [9.17, 15) is 0 Å². The van der Waals surface area contributed by atoms with Gasteiger partial charge < -0.3 is 31.5 Å². The van der Waals surface area contributed by atoms with Crippen LogP contribution in [0.2, 0.25) is 0 Å². The summed E-state index contributed by atoms with van der Waals surface area (Å²) in [6.07, 6.45) is 18.5. The van der Waals surface area contributed by atoms with Crippen LogP contribution in [0.3, 0.4) is 0 Å². The molecule has 0 rings (SSSR count). The number of aliphatic hydroxyl groups excluding tert-OH is 1. The lowest BCUT2D eigenvalue weighted by atomic mass is 9.71. The van der Waals surface area contributed by atoms with Crippen molar-refractivity contribution in [3.8, 4) is 0 Å². The maximum atomic E-state index is 8.81. The molecular formula is C46H92N4O2. The Hall–Kier alpha value is -1.92. The predicted octanol–water partition coefficient (Wildman–Crippen LogP) is 11.8. The molecule has 6 nitrogen and oxygen atoms in total. The number of rotatable bonds is 30. The van der Waals surface area contributed by atoms with Gasteiger partial charge in [-0.05, 0) is 119 Å². The molecule has 0 aromatic rings. The Bertz CT molecular complexity index is 1000. The van der Waals surface area contributed by atoms with Crippen molar-refractivity contribution >= 4 is 0 Å². The van der Waals surface area contributed by atoms with Crippen LogP contribution in [0.15, 0.2) is 49.1 Å². The van der Waals surface area contributed by atoms with Gasteiger partial charge in [-0.1, -0.05) is 121 Å². The molecule has 6 heteroatoms. The van der Waals surface area contributed by atoms with E-state index in [-0.39, 0.29) is 34.0 Å². The third kappa shape index (κ3) is 29.5. The van der Waals surface area contributed by atoms with Gasteiger partial charge in [0.25, 0.3) is 0 Å². The van der Waals surface area contributed by atoms with E-state index in [1.807, 2.05) is 20.0 Å². The van der Waals surface area contributed by atoms with Crippen LogP contribution in [0.4, 0.5) is 0 Å². The number of unbranched alkanes of at least 4 members (excludes halogenated alkanes) is 2. The highest BCUT2D eigenvalue weighted by Crippen LogP contribution is 2.40. The summed E-state index contributed by atoms with van der Waals surface area (Å²) in [5.74, 6) is 1.31.